The number of nitrogens with zero attached hydrogens (tertiary/aromatic N) is 1. The number of halogens is 3. The summed E-state index contributed by atoms with van der Waals surface area (Å²) in [4.78, 5) is 3.93. The van der Waals surface area contributed by atoms with E-state index in [0.717, 1.165) is 5.56 Å². The molecule has 1 atom stereocenters. The molecule has 2 heterocycles. The van der Waals surface area contributed by atoms with Crippen molar-refractivity contribution in [1.82, 2.24) is 4.98 Å². The summed E-state index contributed by atoms with van der Waals surface area (Å²) in [6.07, 6.45) is 1.53. The zero-order valence-corrected chi connectivity index (χ0v) is 16.3. The van der Waals surface area contributed by atoms with E-state index in [9.17, 15) is 4.39 Å². The molecule has 29 heavy (non-hydrogen) atoms. The Kier molecular flexibility index (Phi) is 5.39. The molecular formula is C22H18ClF2NO3. The first-order chi connectivity index (χ1) is 14.0. The number of rotatable bonds is 5. The Bertz CT molecular complexity index is 1060. The van der Waals surface area contributed by atoms with Crippen LogP contribution in [0.15, 0.2) is 42.6 Å². The number of fused-ring (bicyclic) bond motifs is 1. The predicted octanol–water partition coefficient (Wildman–Crippen LogP) is 5.04. The van der Waals surface area contributed by atoms with Crippen molar-refractivity contribution in [2.24, 2.45) is 0 Å². The smallest absolute Gasteiger partial charge is 0.251 e. The van der Waals surface area contributed by atoms with Gasteiger partial charge in [-0.3, -0.25) is 0 Å². The molecule has 0 radical (unpaired) electrons. The average Bonchev–Trinajstić information content (AvgIpc) is 3.14. The molecule has 1 aromatic heterocycles. The third-order valence-corrected chi connectivity index (χ3v) is 5.24. The largest absolute Gasteiger partial charge is 0.485 e. The fourth-order valence-corrected chi connectivity index (χ4v) is 3.81. The zero-order valence-electron chi connectivity index (χ0n) is 15.6. The number of aryl methyl sites for hydroxylation is 1. The molecule has 2 aromatic carbocycles. The Hall–Kier alpha value is -2.70. The Morgan fingerprint density at radius 3 is 2.72 bits per heavy atom. The highest BCUT2D eigenvalue weighted by molar-refractivity contribution is 6.33. The molecule has 0 spiro atoms. The van der Waals surface area contributed by atoms with Crippen LogP contribution in [0.4, 0.5) is 8.78 Å². The standard InChI is InChI=1S/C22H18ClF2NO3/c1-12-11-26-22(28-8-7-27)21(25)18(12)19-14-9-16(13-5-3-2-4-6-13)29-17(14)10-15(24)20(19)23/h2-6,10-11,16,27H,7-9H2,1H3. The molecule has 1 unspecified atom stereocenters. The topological polar surface area (TPSA) is 51.6 Å². The molecule has 0 amide bonds. The van der Waals surface area contributed by atoms with Crippen LogP contribution in [-0.2, 0) is 6.42 Å². The molecule has 3 aromatic rings. The van der Waals surface area contributed by atoms with E-state index in [0.29, 0.717) is 23.3 Å². The van der Waals surface area contributed by atoms with Crippen molar-refractivity contribution in [3.63, 3.8) is 0 Å². The lowest BCUT2D eigenvalue weighted by Crippen LogP contribution is -2.07. The molecule has 0 saturated heterocycles. The monoisotopic (exact) mass is 417 g/mol. The first kappa shape index (κ1) is 19.6. The average molecular weight is 418 g/mol. The molecule has 0 saturated carbocycles. The SMILES string of the molecule is Cc1cnc(OCCO)c(F)c1-c1c(Cl)c(F)cc2c1CC(c1ccccc1)O2. The van der Waals surface area contributed by atoms with E-state index in [2.05, 4.69) is 4.98 Å². The van der Waals surface area contributed by atoms with Gasteiger partial charge in [0.15, 0.2) is 5.82 Å². The summed E-state index contributed by atoms with van der Waals surface area (Å²) in [5.41, 5.74) is 2.41. The molecule has 7 heteroatoms. The van der Waals surface area contributed by atoms with Crippen molar-refractivity contribution < 1.29 is 23.4 Å². The van der Waals surface area contributed by atoms with Gasteiger partial charge < -0.3 is 14.6 Å². The van der Waals surface area contributed by atoms with Gasteiger partial charge in [0.2, 0.25) is 0 Å². The summed E-state index contributed by atoms with van der Waals surface area (Å²) in [5.74, 6) is -1.38. The normalized spacial score (nSPS) is 15.1. The van der Waals surface area contributed by atoms with Crippen LogP contribution in [0.2, 0.25) is 5.02 Å². The lowest BCUT2D eigenvalue weighted by atomic mass is 9.93. The molecule has 0 bridgehead atoms. The summed E-state index contributed by atoms with van der Waals surface area (Å²) in [6.45, 7) is 1.27. The van der Waals surface area contributed by atoms with E-state index in [1.54, 1.807) is 6.92 Å². The van der Waals surface area contributed by atoms with Gasteiger partial charge in [-0.1, -0.05) is 41.9 Å². The minimum absolute atomic E-state index is 0.111. The van der Waals surface area contributed by atoms with Gasteiger partial charge in [-0.25, -0.2) is 13.8 Å². The van der Waals surface area contributed by atoms with Gasteiger partial charge in [-0.05, 0) is 18.1 Å². The molecule has 1 aliphatic heterocycles. The van der Waals surface area contributed by atoms with Gasteiger partial charge in [0.25, 0.3) is 5.88 Å². The number of aliphatic hydroxyl groups excluding tert-OH is 1. The van der Waals surface area contributed by atoms with Crippen LogP contribution in [0.25, 0.3) is 11.1 Å². The second-order valence-corrected chi connectivity index (χ2v) is 7.13. The van der Waals surface area contributed by atoms with Crippen LogP contribution >= 0.6 is 11.6 Å². The first-order valence-corrected chi connectivity index (χ1v) is 9.50. The van der Waals surface area contributed by atoms with Crippen molar-refractivity contribution in [2.45, 2.75) is 19.4 Å². The summed E-state index contributed by atoms with van der Waals surface area (Å²) in [5, 5.41) is 8.76. The van der Waals surface area contributed by atoms with E-state index >= 15 is 4.39 Å². The maximum atomic E-state index is 15.3. The maximum absolute atomic E-state index is 15.3. The first-order valence-electron chi connectivity index (χ1n) is 9.12. The van der Waals surface area contributed by atoms with E-state index in [4.69, 9.17) is 26.2 Å². The number of aliphatic hydroxyl groups is 1. The number of pyridine rings is 1. The van der Waals surface area contributed by atoms with E-state index in [-0.39, 0.29) is 41.3 Å². The van der Waals surface area contributed by atoms with Crippen molar-refractivity contribution in [2.75, 3.05) is 13.2 Å². The highest BCUT2D eigenvalue weighted by Crippen LogP contribution is 2.48. The second-order valence-electron chi connectivity index (χ2n) is 6.75. The fourth-order valence-electron chi connectivity index (χ4n) is 3.55. The third kappa shape index (κ3) is 3.54. The Morgan fingerprint density at radius 1 is 1.24 bits per heavy atom. The highest BCUT2D eigenvalue weighted by Gasteiger charge is 2.32. The van der Waals surface area contributed by atoms with Crippen LogP contribution in [0.1, 0.15) is 22.8 Å². The van der Waals surface area contributed by atoms with Crippen LogP contribution < -0.4 is 9.47 Å². The van der Waals surface area contributed by atoms with E-state index < -0.39 is 11.6 Å². The van der Waals surface area contributed by atoms with Crippen LogP contribution in [0.3, 0.4) is 0 Å². The lowest BCUT2D eigenvalue weighted by Gasteiger charge is -2.15. The summed E-state index contributed by atoms with van der Waals surface area (Å²) in [7, 11) is 0. The van der Waals surface area contributed by atoms with Crippen LogP contribution in [0.5, 0.6) is 11.6 Å². The highest BCUT2D eigenvalue weighted by atomic mass is 35.5. The van der Waals surface area contributed by atoms with Crippen molar-refractivity contribution in [1.29, 1.82) is 0 Å². The molecule has 1 N–H and O–H groups in total. The number of aromatic nitrogens is 1. The Labute approximate surface area is 171 Å². The van der Waals surface area contributed by atoms with Crippen LogP contribution in [0, 0.1) is 18.6 Å². The van der Waals surface area contributed by atoms with Gasteiger partial charge >= 0.3 is 0 Å². The molecule has 0 fully saturated rings. The van der Waals surface area contributed by atoms with Crippen LogP contribution in [-0.4, -0.2) is 23.3 Å². The lowest BCUT2D eigenvalue weighted by molar-refractivity contribution is 0.191. The molecule has 150 valence electrons. The fraction of sp³-hybridized carbons (Fsp3) is 0.227. The number of benzene rings is 2. The number of hydrogen-bond donors (Lipinski definition) is 1. The van der Waals surface area contributed by atoms with Gasteiger partial charge in [0, 0.05) is 35.4 Å². The molecule has 0 aliphatic carbocycles. The van der Waals surface area contributed by atoms with Gasteiger partial charge in [0.1, 0.15) is 24.3 Å². The molecule has 1 aliphatic rings. The summed E-state index contributed by atoms with van der Waals surface area (Å²) >= 11 is 6.31. The maximum Gasteiger partial charge on any atom is 0.251 e. The third-order valence-electron chi connectivity index (χ3n) is 4.87. The van der Waals surface area contributed by atoms with Crippen molar-refractivity contribution >= 4 is 11.6 Å². The van der Waals surface area contributed by atoms with Crippen molar-refractivity contribution in [3.05, 3.63) is 75.9 Å². The molecule has 4 nitrogen and oxygen atoms in total. The second kappa shape index (κ2) is 7.97. The Morgan fingerprint density at radius 2 is 2.00 bits per heavy atom. The quantitative estimate of drug-likeness (QED) is 0.632. The number of hydrogen-bond acceptors (Lipinski definition) is 4. The van der Waals surface area contributed by atoms with Gasteiger partial charge in [0.05, 0.1) is 11.6 Å². The van der Waals surface area contributed by atoms with Crippen molar-refractivity contribution in [3.8, 4) is 22.8 Å². The summed E-state index contributed by atoms with van der Waals surface area (Å²) in [6, 6.07) is 10.8. The minimum Gasteiger partial charge on any atom is -0.485 e. The van der Waals surface area contributed by atoms with E-state index in [1.807, 2.05) is 30.3 Å². The minimum atomic E-state index is -0.753. The van der Waals surface area contributed by atoms with E-state index in [1.165, 1.54) is 12.3 Å². The predicted molar refractivity (Wildman–Crippen MR) is 105 cm³/mol. The zero-order chi connectivity index (χ0) is 20.5. The Balaban J connectivity index is 1.85. The van der Waals surface area contributed by atoms with Gasteiger partial charge in [-0.2, -0.15) is 0 Å². The molecule has 4 rings (SSSR count). The number of ether oxygens (including phenoxy) is 2. The summed E-state index contributed by atoms with van der Waals surface area (Å²) < 4.78 is 41.0. The van der Waals surface area contributed by atoms with Gasteiger partial charge in [-0.15, -0.1) is 0 Å². The molecular weight excluding hydrogens is 400 g/mol.